The molecule has 0 aromatic heterocycles. The van der Waals surface area contributed by atoms with Gasteiger partial charge in [0.15, 0.2) is 0 Å². The van der Waals surface area contributed by atoms with Gasteiger partial charge in [-0.3, -0.25) is 0 Å². The molecule has 0 bridgehead atoms. The lowest BCUT2D eigenvalue weighted by Gasteiger charge is -2.04. The van der Waals surface area contributed by atoms with Gasteiger partial charge in [0, 0.05) is 11.5 Å². The Morgan fingerprint density at radius 1 is 1.00 bits per heavy atom. The Hall–Kier alpha value is -1.83. The summed E-state index contributed by atoms with van der Waals surface area (Å²) < 4.78 is 13.2. The number of nitriles is 1. The maximum atomic E-state index is 13.2. The van der Waals surface area contributed by atoms with E-state index in [0.29, 0.717) is 0 Å². The van der Waals surface area contributed by atoms with Crippen molar-refractivity contribution >= 4 is 11.8 Å². The fourth-order valence-corrected chi connectivity index (χ4v) is 2.72. The van der Waals surface area contributed by atoms with Crippen molar-refractivity contribution in [3.8, 4) is 6.07 Å². The molecule has 0 aliphatic heterocycles. The van der Waals surface area contributed by atoms with Crippen molar-refractivity contribution in [2.45, 2.75) is 18.1 Å². The highest BCUT2D eigenvalue weighted by molar-refractivity contribution is 7.97. The van der Waals surface area contributed by atoms with Crippen LogP contribution in [0.3, 0.4) is 0 Å². The van der Waals surface area contributed by atoms with Crippen LogP contribution in [-0.2, 0) is 18.1 Å². The number of rotatable bonds is 5. The third-order valence-electron chi connectivity index (χ3n) is 2.89. The Labute approximate surface area is 121 Å². The van der Waals surface area contributed by atoms with Crippen LogP contribution in [-0.4, -0.2) is 5.11 Å². The maximum Gasteiger partial charge on any atom is 0.140 e. The largest absolute Gasteiger partial charge is 0.392 e. The number of benzene rings is 2. The maximum absolute atomic E-state index is 13.2. The predicted octanol–water partition coefficient (Wildman–Crippen LogP) is 3.62. The predicted molar refractivity (Wildman–Crippen MR) is 78.5 cm³/mol. The summed E-state index contributed by atoms with van der Waals surface area (Å²) in [5.41, 5.74) is 3.11. The molecule has 1 N–H and O–H groups in total. The number of aliphatic hydroxyl groups excluding tert-OH is 1. The minimum Gasteiger partial charge on any atom is -0.392 e. The highest BCUT2D eigenvalue weighted by atomic mass is 32.2. The molecular weight excluding hydrogens is 273 g/mol. The van der Waals surface area contributed by atoms with E-state index in [2.05, 4.69) is 0 Å². The van der Waals surface area contributed by atoms with Gasteiger partial charge in [0.25, 0.3) is 0 Å². The summed E-state index contributed by atoms with van der Waals surface area (Å²) >= 11 is 1.70. The second kappa shape index (κ2) is 7.09. The summed E-state index contributed by atoms with van der Waals surface area (Å²) in [6.07, 6.45) is 0. The summed E-state index contributed by atoms with van der Waals surface area (Å²) in [6, 6.07) is 14.3. The Kier molecular flexibility index (Phi) is 5.16. The summed E-state index contributed by atoms with van der Waals surface area (Å²) in [7, 11) is 0. The normalized spacial score (nSPS) is 10.2. The van der Waals surface area contributed by atoms with Crippen molar-refractivity contribution in [2.24, 2.45) is 0 Å². The van der Waals surface area contributed by atoms with Crippen LogP contribution in [0.25, 0.3) is 0 Å². The summed E-state index contributed by atoms with van der Waals surface area (Å²) in [5, 5.41) is 17.7. The first kappa shape index (κ1) is 14.6. The van der Waals surface area contributed by atoms with E-state index >= 15 is 0 Å². The zero-order chi connectivity index (χ0) is 14.4. The fraction of sp³-hybridized carbons (Fsp3) is 0.188. The summed E-state index contributed by atoms with van der Waals surface area (Å²) in [6.45, 7) is 0.0555. The zero-order valence-electron chi connectivity index (χ0n) is 10.8. The molecule has 2 aromatic carbocycles. The van der Waals surface area contributed by atoms with Crippen molar-refractivity contribution in [1.82, 2.24) is 0 Å². The highest BCUT2D eigenvalue weighted by Crippen LogP contribution is 2.20. The van der Waals surface area contributed by atoms with Gasteiger partial charge in [-0.25, -0.2) is 4.39 Å². The number of hydrogen-bond acceptors (Lipinski definition) is 3. The second-order valence-electron chi connectivity index (χ2n) is 4.39. The second-order valence-corrected chi connectivity index (χ2v) is 5.38. The van der Waals surface area contributed by atoms with E-state index in [1.54, 1.807) is 23.9 Å². The van der Waals surface area contributed by atoms with Crippen molar-refractivity contribution in [3.05, 3.63) is 70.5 Å². The number of thioether (sulfide) groups is 1. The van der Waals surface area contributed by atoms with Crippen LogP contribution in [0.2, 0.25) is 0 Å². The van der Waals surface area contributed by atoms with Crippen LogP contribution in [0.15, 0.2) is 42.5 Å². The smallest absolute Gasteiger partial charge is 0.140 e. The molecule has 0 amide bonds. The highest BCUT2D eigenvalue weighted by Gasteiger charge is 2.03. The Bertz CT molecular complexity index is 619. The summed E-state index contributed by atoms with van der Waals surface area (Å²) in [4.78, 5) is 0. The van der Waals surface area contributed by atoms with E-state index in [1.807, 2.05) is 30.3 Å². The molecule has 0 aliphatic rings. The molecule has 0 spiro atoms. The third kappa shape index (κ3) is 3.83. The van der Waals surface area contributed by atoms with E-state index in [4.69, 9.17) is 10.4 Å². The van der Waals surface area contributed by atoms with Gasteiger partial charge in [0.2, 0.25) is 0 Å². The van der Waals surface area contributed by atoms with Gasteiger partial charge < -0.3 is 5.11 Å². The molecule has 0 aliphatic carbocycles. The lowest BCUT2D eigenvalue weighted by atomic mass is 10.1. The van der Waals surface area contributed by atoms with Crippen LogP contribution < -0.4 is 0 Å². The molecule has 0 atom stereocenters. The molecule has 2 rings (SSSR count). The van der Waals surface area contributed by atoms with Crippen molar-refractivity contribution in [3.63, 3.8) is 0 Å². The fourth-order valence-electron chi connectivity index (χ4n) is 1.78. The first-order chi connectivity index (χ1) is 9.72. The Morgan fingerprint density at radius 3 is 2.25 bits per heavy atom. The quantitative estimate of drug-likeness (QED) is 0.913. The number of halogens is 1. The molecular formula is C16H14FNOS. The minimum absolute atomic E-state index is 0.0555. The molecule has 2 aromatic rings. The Balaban J connectivity index is 1.91. The van der Waals surface area contributed by atoms with Gasteiger partial charge in [-0.1, -0.05) is 30.3 Å². The SMILES string of the molecule is N#Cc1cc(CSCc2ccc(CO)cc2)ccc1F. The van der Waals surface area contributed by atoms with Gasteiger partial charge >= 0.3 is 0 Å². The average Bonchev–Trinajstić information content (AvgIpc) is 2.49. The third-order valence-corrected chi connectivity index (χ3v) is 3.97. The van der Waals surface area contributed by atoms with Crippen molar-refractivity contribution in [2.75, 3.05) is 0 Å². The molecule has 0 saturated heterocycles. The minimum atomic E-state index is -0.471. The molecule has 2 nitrogen and oxygen atoms in total. The monoisotopic (exact) mass is 287 g/mol. The number of aliphatic hydroxyl groups is 1. The molecule has 4 heteroatoms. The number of hydrogen-bond donors (Lipinski definition) is 1. The van der Waals surface area contributed by atoms with Crippen LogP contribution >= 0.6 is 11.8 Å². The van der Waals surface area contributed by atoms with Gasteiger partial charge in [0.05, 0.1) is 12.2 Å². The Morgan fingerprint density at radius 2 is 1.60 bits per heavy atom. The van der Waals surface area contributed by atoms with E-state index in [1.165, 1.54) is 11.6 Å². The van der Waals surface area contributed by atoms with Gasteiger partial charge in [-0.15, -0.1) is 0 Å². The first-order valence-corrected chi connectivity index (χ1v) is 7.33. The summed E-state index contributed by atoms with van der Waals surface area (Å²) in [5.74, 6) is 1.10. The van der Waals surface area contributed by atoms with Gasteiger partial charge in [0.1, 0.15) is 11.9 Å². The van der Waals surface area contributed by atoms with Gasteiger partial charge in [-0.2, -0.15) is 17.0 Å². The van der Waals surface area contributed by atoms with Gasteiger partial charge in [-0.05, 0) is 28.8 Å². The van der Waals surface area contributed by atoms with E-state index in [-0.39, 0.29) is 12.2 Å². The molecule has 0 saturated carbocycles. The molecule has 0 unspecified atom stereocenters. The van der Waals surface area contributed by atoms with Crippen molar-refractivity contribution < 1.29 is 9.50 Å². The van der Waals surface area contributed by atoms with E-state index in [9.17, 15) is 4.39 Å². The van der Waals surface area contributed by atoms with E-state index in [0.717, 1.165) is 22.6 Å². The van der Waals surface area contributed by atoms with Crippen LogP contribution in [0.1, 0.15) is 22.3 Å². The molecule has 0 radical (unpaired) electrons. The average molecular weight is 287 g/mol. The lowest BCUT2D eigenvalue weighted by Crippen LogP contribution is -1.89. The first-order valence-electron chi connectivity index (χ1n) is 6.18. The van der Waals surface area contributed by atoms with E-state index < -0.39 is 5.82 Å². The zero-order valence-corrected chi connectivity index (χ0v) is 11.7. The molecule has 0 fully saturated rings. The van der Waals surface area contributed by atoms with Crippen LogP contribution in [0, 0.1) is 17.1 Å². The van der Waals surface area contributed by atoms with Crippen molar-refractivity contribution in [1.29, 1.82) is 5.26 Å². The molecule has 0 heterocycles. The standard InChI is InChI=1S/C16H14FNOS/c17-16-6-5-14(7-15(16)8-18)11-20-10-13-3-1-12(9-19)2-4-13/h1-7,19H,9-11H2. The number of nitrogens with zero attached hydrogens (tertiary/aromatic N) is 1. The molecule has 102 valence electrons. The molecule has 20 heavy (non-hydrogen) atoms. The topological polar surface area (TPSA) is 44.0 Å². The van der Waals surface area contributed by atoms with Crippen LogP contribution in [0.4, 0.5) is 4.39 Å². The van der Waals surface area contributed by atoms with Crippen LogP contribution in [0.5, 0.6) is 0 Å². The lowest BCUT2D eigenvalue weighted by molar-refractivity contribution is 0.282.